The molecule has 4 nitrogen and oxygen atoms in total. The van der Waals surface area contributed by atoms with E-state index < -0.39 is 12.1 Å². The fraction of sp³-hybridized carbons (Fsp3) is 0.500. The second kappa shape index (κ2) is 5.19. The average Bonchev–Trinajstić information content (AvgIpc) is 2.58. The number of rotatable bonds is 4. The molecule has 15 heavy (non-hydrogen) atoms. The molecule has 0 amide bonds. The minimum atomic E-state index is -0.492. The molecule has 1 rings (SSSR count). The lowest BCUT2D eigenvalue weighted by atomic mass is 10.3. The lowest BCUT2D eigenvalue weighted by Crippen LogP contribution is -2.18. The Hall–Kier alpha value is -1.00. The highest BCUT2D eigenvalue weighted by Gasteiger charge is 2.17. The van der Waals surface area contributed by atoms with Crippen LogP contribution in [0.2, 0.25) is 5.02 Å². The third kappa shape index (κ3) is 2.73. The minimum absolute atomic E-state index is 0.284. The molecule has 1 heterocycles. The molecule has 1 unspecified atom stereocenters. The Morgan fingerprint density at radius 3 is 2.93 bits per heavy atom. The third-order valence-corrected chi connectivity index (χ3v) is 2.48. The molecule has 0 aliphatic rings. The van der Waals surface area contributed by atoms with Gasteiger partial charge in [0.15, 0.2) is 0 Å². The maximum absolute atomic E-state index is 11.4. The molecule has 0 aliphatic heterocycles. The van der Waals surface area contributed by atoms with E-state index in [2.05, 4.69) is 4.74 Å². The van der Waals surface area contributed by atoms with E-state index in [0.717, 1.165) is 0 Å². The number of carbonyl (C=O) groups excluding carboxylic acids is 1. The number of aliphatic hydroxyl groups excluding tert-OH is 1. The molecule has 0 saturated carbocycles. The van der Waals surface area contributed by atoms with Gasteiger partial charge in [-0.25, -0.2) is 4.79 Å². The topological polar surface area (TPSA) is 51.5 Å². The maximum atomic E-state index is 11.4. The van der Waals surface area contributed by atoms with Crippen molar-refractivity contribution in [2.45, 2.75) is 26.0 Å². The highest BCUT2D eigenvalue weighted by Crippen LogP contribution is 2.18. The van der Waals surface area contributed by atoms with E-state index in [1.54, 1.807) is 16.8 Å². The van der Waals surface area contributed by atoms with Gasteiger partial charge in [-0.05, 0) is 12.5 Å². The SMILES string of the molecule is CCC(O)Cn1ccc(Cl)c1C(=O)OC. The fourth-order valence-corrected chi connectivity index (χ4v) is 1.51. The summed E-state index contributed by atoms with van der Waals surface area (Å²) in [5.74, 6) is -0.492. The summed E-state index contributed by atoms with van der Waals surface area (Å²) in [5.41, 5.74) is 0.284. The van der Waals surface area contributed by atoms with Crippen LogP contribution in [0.1, 0.15) is 23.8 Å². The van der Waals surface area contributed by atoms with E-state index >= 15 is 0 Å². The van der Waals surface area contributed by atoms with E-state index in [9.17, 15) is 9.90 Å². The van der Waals surface area contributed by atoms with Crippen LogP contribution in [0.25, 0.3) is 0 Å². The smallest absolute Gasteiger partial charge is 0.356 e. The van der Waals surface area contributed by atoms with Crippen molar-refractivity contribution in [3.63, 3.8) is 0 Å². The standard InChI is InChI=1S/C10H14ClNO3/c1-3-7(13)6-12-5-4-8(11)9(12)10(14)15-2/h4-5,7,13H,3,6H2,1-2H3. The first-order valence-electron chi connectivity index (χ1n) is 4.71. The second-order valence-corrected chi connectivity index (χ2v) is 3.63. The molecule has 84 valence electrons. The van der Waals surface area contributed by atoms with Gasteiger partial charge in [-0.3, -0.25) is 0 Å². The Balaban J connectivity index is 2.93. The van der Waals surface area contributed by atoms with Crippen molar-refractivity contribution >= 4 is 17.6 Å². The zero-order valence-electron chi connectivity index (χ0n) is 8.74. The second-order valence-electron chi connectivity index (χ2n) is 3.22. The summed E-state index contributed by atoms with van der Waals surface area (Å²) in [6, 6.07) is 1.61. The first kappa shape index (κ1) is 12.1. The molecule has 0 aliphatic carbocycles. The summed E-state index contributed by atoms with van der Waals surface area (Å²) in [6.07, 6.45) is 1.79. The van der Waals surface area contributed by atoms with Gasteiger partial charge in [-0.15, -0.1) is 0 Å². The Kier molecular flexibility index (Phi) is 4.17. The number of aromatic nitrogens is 1. The average molecular weight is 232 g/mol. The Morgan fingerprint density at radius 2 is 2.40 bits per heavy atom. The summed E-state index contributed by atoms with van der Waals surface area (Å²) in [5, 5.41) is 9.82. The Morgan fingerprint density at radius 1 is 1.73 bits per heavy atom. The number of ether oxygens (including phenoxy) is 1. The molecule has 0 aromatic carbocycles. The molecule has 1 N–H and O–H groups in total. The number of aliphatic hydroxyl groups is 1. The zero-order chi connectivity index (χ0) is 11.4. The van der Waals surface area contributed by atoms with E-state index in [4.69, 9.17) is 11.6 Å². The van der Waals surface area contributed by atoms with E-state index in [1.807, 2.05) is 6.92 Å². The van der Waals surface area contributed by atoms with Gasteiger partial charge >= 0.3 is 5.97 Å². The number of esters is 1. The minimum Gasteiger partial charge on any atom is -0.464 e. The molecular weight excluding hydrogens is 218 g/mol. The maximum Gasteiger partial charge on any atom is 0.356 e. The first-order valence-corrected chi connectivity index (χ1v) is 5.09. The van der Waals surface area contributed by atoms with Crippen LogP contribution in [0, 0.1) is 0 Å². The van der Waals surface area contributed by atoms with E-state index in [1.165, 1.54) is 7.11 Å². The fourth-order valence-electron chi connectivity index (χ4n) is 1.27. The number of hydrogen-bond acceptors (Lipinski definition) is 3. The monoisotopic (exact) mass is 231 g/mol. The molecule has 0 spiro atoms. The predicted molar refractivity (Wildman–Crippen MR) is 57.1 cm³/mol. The quantitative estimate of drug-likeness (QED) is 0.803. The van der Waals surface area contributed by atoms with Gasteiger partial charge in [-0.1, -0.05) is 18.5 Å². The Labute approximate surface area is 93.4 Å². The lowest BCUT2D eigenvalue weighted by Gasteiger charge is -2.11. The van der Waals surface area contributed by atoms with Crippen LogP contribution in [0.5, 0.6) is 0 Å². The number of nitrogens with zero attached hydrogens (tertiary/aromatic N) is 1. The van der Waals surface area contributed by atoms with Crippen LogP contribution in [-0.2, 0) is 11.3 Å². The number of methoxy groups -OCH3 is 1. The van der Waals surface area contributed by atoms with Crippen molar-refractivity contribution in [2.24, 2.45) is 0 Å². The molecule has 1 aromatic rings. The van der Waals surface area contributed by atoms with Crippen molar-refractivity contribution in [1.29, 1.82) is 0 Å². The van der Waals surface area contributed by atoms with Crippen LogP contribution in [0.15, 0.2) is 12.3 Å². The molecular formula is C10H14ClNO3. The predicted octanol–water partition coefficient (Wildman–Crippen LogP) is 1.70. The van der Waals surface area contributed by atoms with Gasteiger partial charge < -0.3 is 14.4 Å². The molecule has 5 heteroatoms. The summed E-state index contributed by atoms with van der Waals surface area (Å²) in [7, 11) is 1.30. The number of halogens is 1. The summed E-state index contributed by atoms with van der Waals surface area (Å²) < 4.78 is 6.20. The largest absolute Gasteiger partial charge is 0.464 e. The van der Waals surface area contributed by atoms with Crippen molar-refractivity contribution < 1.29 is 14.6 Å². The summed E-state index contributed by atoms with van der Waals surface area (Å²) >= 11 is 5.84. The lowest BCUT2D eigenvalue weighted by molar-refractivity contribution is 0.0583. The molecule has 0 fully saturated rings. The summed E-state index contributed by atoms with van der Waals surface area (Å²) in [4.78, 5) is 11.4. The van der Waals surface area contributed by atoms with Gasteiger partial charge in [0.2, 0.25) is 0 Å². The molecule has 0 bridgehead atoms. The van der Waals surface area contributed by atoms with Crippen LogP contribution in [0.4, 0.5) is 0 Å². The summed E-state index contributed by atoms with van der Waals surface area (Å²) in [6.45, 7) is 2.21. The zero-order valence-corrected chi connectivity index (χ0v) is 9.49. The number of carbonyl (C=O) groups is 1. The van der Waals surface area contributed by atoms with Gasteiger partial charge in [0.25, 0.3) is 0 Å². The molecule has 0 saturated heterocycles. The Bertz CT molecular complexity index is 348. The highest BCUT2D eigenvalue weighted by molar-refractivity contribution is 6.33. The van der Waals surface area contributed by atoms with Crippen LogP contribution < -0.4 is 0 Å². The van der Waals surface area contributed by atoms with Gasteiger partial charge in [0.05, 0.1) is 18.2 Å². The van der Waals surface area contributed by atoms with Crippen LogP contribution in [0.3, 0.4) is 0 Å². The van der Waals surface area contributed by atoms with Crippen molar-refractivity contribution in [3.8, 4) is 0 Å². The van der Waals surface area contributed by atoms with E-state index in [-0.39, 0.29) is 5.69 Å². The van der Waals surface area contributed by atoms with E-state index in [0.29, 0.717) is 18.0 Å². The molecule has 0 radical (unpaired) electrons. The molecule has 1 aromatic heterocycles. The normalized spacial score (nSPS) is 12.5. The van der Waals surface area contributed by atoms with Crippen LogP contribution in [-0.4, -0.2) is 28.9 Å². The van der Waals surface area contributed by atoms with Crippen molar-refractivity contribution in [1.82, 2.24) is 4.57 Å². The number of hydrogen-bond donors (Lipinski definition) is 1. The highest BCUT2D eigenvalue weighted by atomic mass is 35.5. The van der Waals surface area contributed by atoms with Crippen molar-refractivity contribution in [2.75, 3.05) is 7.11 Å². The van der Waals surface area contributed by atoms with Gasteiger partial charge in [0, 0.05) is 12.7 Å². The van der Waals surface area contributed by atoms with Gasteiger partial charge in [-0.2, -0.15) is 0 Å². The van der Waals surface area contributed by atoms with Gasteiger partial charge in [0.1, 0.15) is 5.69 Å². The third-order valence-electron chi connectivity index (χ3n) is 2.17. The molecule has 1 atom stereocenters. The first-order chi connectivity index (χ1) is 7.10. The van der Waals surface area contributed by atoms with Crippen LogP contribution >= 0.6 is 11.6 Å². The van der Waals surface area contributed by atoms with Crippen molar-refractivity contribution in [3.05, 3.63) is 23.0 Å².